The Bertz CT molecular complexity index is 412. The first-order valence-corrected chi connectivity index (χ1v) is 6.44. The average Bonchev–Trinajstić information content (AvgIpc) is 2.60. The van der Waals surface area contributed by atoms with Crippen LogP contribution < -0.4 is 0 Å². The van der Waals surface area contributed by atoms with Gasteiger partial charge in [-0.3, -0.25) is 0 Å². The van der Waals surface area contributed by atoms with Crippen LogP contribution >= 0.6 is 0 Å². The minimum absolute atomic E-state index is 0.102. The van der Waals surface area contributed by atoms with Crippen LogP contribution in [0.1, 0.15) is 18.4 Å². The molecular formula is C14H18FNO3. The van der Waals surface area contributed by atoms with Crippen LogP contribution in [0.2, 0.25) is 0 Å². The van der Waals surface area contributed by atoms with Crippen molar-refractivity contribution < 1.29 is 19.0 Å². The van der Waals surface area contributed by atoms with Gasteiger partial charge in [0.25, 0.3) is 0 Å². The molecule has 19 heavy (non-hydrogen) atoms. The van der Waals surface area contributed by atoms with E-state index in [9.17, 15) is 14.3 Å². The molecular weight excluding hydrogens is 249 g/mol. The van der Waals surface area contributed by atoms with Gasteiger partial charge in [0.1, 0.15) is 12.8 Å². The lowest BCUT2D eigenvalue weighted by Crippen LogP contribution is -2.38. The van der Waals surface area contributed by atoms with Gasteiger partial charge in [-0.15, -0.1) is 0 Å². The van der Waals surface area contributed by atoms with Gasteiger partial charge in [-0.05, 0) is 18.4 Å². The van der Waals surface area contributed by atoms with Crippen LogP contribution in [0.4, 0.5) is 9.18 Å². The Labute approximate surface area is 111 Å². The van der Waals surface area contributed by atoms with Crippen LogP contribution in [0.25, 0.3) is 0 Å². The summed E-state index contributed by atoms with van der Waals surface area (Å²) in [4.78, 5) is 13.2. The first-order chi connectivity index (χ1) is 9.16. The number of benzene rings is 1. The summed E-state index contributed by atoms with van der Waals surface area (Å²) in [7, 11) is 0. The number of carbonyl (C=O) groups is 1. The van der Waals surface area contributed by atoms with Crippen LogP contribution in [0.3, 0.4) is 0 Å². The average molecular weight is 267 g/mol. The molecule has 1 N–H and O–H groups in total. The lowest BCUT2D eigenvalue weighted by molar-refractivity contribution is 0.0556. The zero-order chi connectivity index (χ0) is 13.7. The smallest absolute Gasteiger partial charge is 0.410 e. The second-order valence-corrected chi connectivity index (χ2v) is 4.71. The summed E-state index contributed by atoms with van der Waals surface area (Å²) in [6.07, 6.45) is -1.94. The lowest BCUT2D eigenvalue weighted by atomic mass is 10.1. The highest BCUT2D eigenvalue weighted by Crippen LogP contribution is 2.15. The Hall–Kier alpha value is -1.62. The fourth-order valence-electron chi connectivity index (χ4n) is 2.07. The van der Waals surface area contributed by atoms with Gasteiger partial charge < -0.3 is 14.7 Å². The highest BCUT2D eigenvalue weighted by atomic mass is 19.1. The van der Waals surface area contributed by atoms with Crippen LogP contribution in [0, 0.1) is 0 Å². The largest absolute Gasteiger partial charge is 0.445 e. The first-order valence-electron chi connectivity index (χ1n) is 6.44. The Morgan fingerprint density at radius 2 is 2.16 bits per heavy atom. The summed E-state index contributed by atoms with van der Waals surface area (Å²) < 4.78 is 18.7. The van der Waals surface area contributed by atoms with Crippen molar-refractivity contribution in [3.8, 4) is 0 Å². The molecule has 104 valence electrons. The van der Waals surface area contributed by atoms with E-state index in [1.54, 1.807) is 0 Å². The molecule has 1 heterocycles. The summed E-state index contributed by atoms with van der Waals surface area (Å²) in [6.45, 7) is 0.496. The maximum atomic E-state index is 13.5. The number of amides is 1. The summed E-state index contributed by atoms with van der Waals surface area (Å²) in [5.74, 6) is 0. The molecule has 2 rings (SSSR count). The molecule has 0 bridgehead atoms. The molecule has 0 saturated carbocycles. The maximum absolute atomic E-state index is 13.5. The molecule has 1 aliphatic heterocycles. The number of rotatable bonds is 2. The van der Waals surface area contributed by atoms with E-state index in [-0.39, 0.29) is 13.2 Å². The first kappa shape index (κ1) is 13.8. The molecule has 1 aromatic carbocycles. The second-order valence-electron chi connectivity index (χ2n) is 4.71. The molecule has 0 aromatic heterocycles. The van der Waals surface area contributed by atoms with Crippen molar-refractivity contribution in [1.82, 2.24) is 4.90 Å². The standard InChI is InChI=1S/C14H18FNO3/c15-12-9-16(8-4-7-13(12)17)14(18)19-10-11-5-2-1-3-6-11/h1-3,5-6,12-13,17H,4,7-10H2/t12-,13+/m0/s1. The molecule has 0 radical (unpaired) electrons. The summed E-state index contributed by atoms with van der Waals surface area (Å²) in [6, 6.07) is 9.33. The second kappa shape index (κ2) is 6.52. The van der Waals surface area contributed by atoms with Crippen LogP contribution in [-0.4, -0.2) is 41.5 Å². The number of halogens is 1. The topological polar surface area (TPSA) is 49.8 Å². The minimum atomic E-state index is -1.40. The highest BCUT2D eigenvalue weighted by Gasteiger charge is 2.28. The Kier molecular flexibility index (Phi) is 4.74. The lowest BCUT2D eigenvalue weighted by Gasteiger charge is -2.21. The maximum Gasteiger partial charge on any atom is 0.410 e. The van der Waals surface area contributed by atoms with Gasteiger partial charge in [0.15, 0.2) is 0 Å². The Balaban J connectivity index is 1.85. The SMILES string of the molecule is O=C(OCc1ccccc1)N1CCC[C@@H](O)[C@@H](F)C1. The molecule has 1 saturated heterocycles. The van der Waals surface area contributed by atoms with Crippen LogP contribution in [0.15, 0.2) is 30.3 Å². The fourth-order valence-corrected chi connectivity index (χ4v) is 2.07. The van der Waals surface area contributed by atoms with E-state index < -0.39 is 18.4 Å². The van der Waals surface area contributed by atoms with E-state index in [0.717, 1.165) is 5.56 Å². The zero-order valence-corrected chi connectivity index (χ0v) is 10.7. The van der Waals surface area contributed by atoms with Gasteiger partial charge in [0.05, 0.1) is 12.6 Å². The molecule has 1 aromatic rings. The number of hydrogen-bond donors (Lipinski definition) is 1. The third-order valence-electron chi connectivity index (χ3n) is 3.20. The quantitative estimate of drug-likeness (QED) is 0.893. The third kappa shape index (κ3) is 3.92. The molecule has 1 amide bonds. The van der Waals surface area contributed by atoms with Crippen molar-refractivity contribution in [2.75, 3.05) is 13.1 Å². The van der Waals surface area contributed by atoms with Gasteiger partial charge >= 0.3 is 6.09 Å². The van der Waals surface area contributed by atoms with Gasteiger partial charge in [-0.25, -0.2) is 9.18 Å². The summed E-state index contributed by atoms with van der Waals surface area (Å²) in [5, 5.41) is 9.41. The zero-order valence-electron chi connectivity index (χ0n) is 10.7. The molecule has 1 aliphatic rings. The number of ether oxygens (including phenoxy) is 1. The fraction of sp³-hybridized carbons (Fsp3) is 0.500. The van der Waals surface area contributed by atoms with E-state index >= 15 is 0 Å². The van der Waals surface area contributed by atoms with Crippen LogP contribution in [-0.2, 0) is 11.3 Å². The summed E-state index contributed by atoms with van der Waals surface area (Å²) >= 11 is 0. The molecule has 0 unspecified atom stereocenters. The van der Waals surface area contributed by atoms with E-state index in [2.05, 4.69) is 0 Å². The van der Waals surface area contributed by atoms with Crippen LogP contribution in [0.5, 0.6) is 0 Å². The van der Waals surface area contributed by atoms with Crippen molar-refractivity contribution in [2.45, 2.75) is 31.7 Å². The number of carbonyl (C=O) groups excluding carboxylic acids is 1. The van der Waals surface area contributed by atoms with Crippen molar-refractivity contribution in [1.29, 1.82) is 0 Å². The predicted molar refractivity (Wildman–Crippen MR) is 68.3 cm³/mol. The van der Waals surface area contributed by atoms with Gasteiger partial charge in [-0.1, -0.05) is 30.3 Å². The highest BCUT2D eigenvalue weighted by molar-refractivity contribution is 5.67. The summed E-state index contributed by atoms with van der Waals surface area (Å²) in [5.41, 5.74) is 0.891. The number of aliphatic hydroxyl groups excluding tert-OH is 1. The number of nitrogens with zero attached hydrogens (tertiary/aromatic N) is 1. The number of hydrogen-bond acceptors (Lipinski definition) is 3. The van der Waals surface area contributed by atoms with E-state index in [1.165, 1.54) is 4.90 Å². The molecule has 5 heteroatoms. The molecule has 4 nitrogen and oxygen atoms in total. The van der Waals surface area contributed by atoms with Gasteiger partial charge in [0, 0.05) is 6.54 Å². The van der Waals surface area contributed by atoms with E-state index in [0.29, 0.717) is 19.4 Å². The molecule has 0 aliphatic carbocycles. The molecule has 1 fully saturated rings. The molecule has 0 spiro atoms. The monoisotopic (exact) mass is 267 g/mol. The minimum Gasteiger partial charge on any atom is -0.445 e. The molecule has 2 atom stereocenters. The van der Waals surface area contributed by atoms with Crippen molar-refractivity contribution >= 4 is 6.09 Å². The number of likely N-dealkylation sites (tertiary alicyclic amines) is 1. The normalized spacial score (nSPS) is 23.8. The third-order valence-corrected chi connectivity index (χ3v) is 3.20. The predicted octanol–water partition coefficient (Wildman–Crippen LogP) is 2.12. The Morgan fingerprint density at radius 1 is 1.42 bits per heavy atom. The van der Waals surface area contributed by atoms with Crippen molar-refractivity contribution in [3.63, 3.8) is 0 Å². The van der Waals surface area contributed by atoms with E-state index in [1.807, 2.05) is 30.3 Å². The van der Waals surface area contributed by atoms with Gasteiger partial charge in [-0.2, -0.15) is 0 Å². The Morgan fingerprint density at radius 3 is 2.89 bits per heavy atom. The number of aliphatic hydroxyl groups is 1. The van der Waals surface area contributed by atoms with Crippen molar-refractivity contribution in [2.24, 2.45) is 0 Å². The van der Waals surface area contributed by atoms with Crippen molar-refractivity contribution in [3.05, 3.63) is 35.9 Å². The van der Waals surface area contributed by atoms with Gasteiger partial charge in [0.2, 0.25) is 0 Å². The number of alkyl halides is 1. The van der Waals surface area contributed by atoms with E-state index in [4.69, 9.17) is 4.74 Å².